The van der Waals surface area contributed by atoms with Crippen molar-refractivity contribution < 1.29 is 4.39 Å². The fraction of sp³-hybridized carbons (Fsp3) is 0.250. The number of rotatable bonds is 4. The van der Waals surface area contributed by atoms with E-state index in [1.807, 2.05) is 6.92 Å². The van der Waals surface area contributed by atoms with E-state index in [0.29, 0.717) is 23.6 Å². The van der Waals surface area contributed by atoms with Gasteiger partial charge in [-0.3, -0.25) is 13.9 Å². The molecule has 0 aliphatic rings. The molecule has 0 fully saturated rings. The molecule has 3 rings (SSSR count). The summed E-state index contributed by atoms with van der Waals surface area (Å²) in [7, 11) is 2.99. The van der Waals surface area contributed by atoms with Crippen LogP contribution in [0.25, 0.3) is 11.2 Å². The van der Waals surface area contributed by atoms with Crippen molar-refractivity contribution in [2.75, 3.05) is 5.43 Å². The number of nitrogens with zero attached hydrogens (tertiary/aromatic N) is 5. The van der Waals surface area contributed by atoms with Crippen LogP contribution in [0.15, 0.2) is 39.0 Å². The van der Waals surface area contributed by atoms with Gasteiger partial charge in [0, 0.05) is 20.6 Å². The third-order valence-electron chi connectivity index (χ3n) is 3.91. The van der Waals surface area contributed by atoms with Crippen molar-refractivity contribution in [3.8, 4) is 0 Å². The molecule has 1 N–H and O–H groups in total. The first-order chi connectivity index (χ1) is 11.9. The number of hydrazone groups is 1. The summed E-state index contributed by atoms with van der Waals surface area (Å²) in [5, 5.41) is 4.07. The van der Waals surface area contributed by atoms with Gasteiger partial charge in [-0.1, -0.05) is 12.1 Å². The maximum absolute atomic E-state index is 12.9. The van der Waals surface area contributed by atoms with Crippen molar-refractivity contribution in [2.45, 2.75) is 13.5 Å². The summed E-state index contributed by atoms with van der Waals surface area (Å²) in [6.07, 6.45) is 1.51. The maximum Gasteiger partial charge on any atom is 0.332 e. The van der Waals surface area contributed by atoms with Crippen LogP contribution < -0.4 is 16.7 Å². The summed E-state index contributed by atoms with van der Waals surface area (Å²) in [5.74, 6) is 0.0174. The number of hydrogen-bond acceptors (Lipinski definition) is 5. The molecule has 1 aromatic carbocycles. The number of fused-ring (bicyclic) bond motifs is 1. The van der Waals surface area contributed by atoms with Crippen LogP contribution in [0, 0.1) is 5.82 Å². The van der Waals surface area contributed by atoms with Crippen LogP contribution in [0.3, 0.4) is 0 Å². The Balaban J connectivity index is 2.03. The fourth-order valence-corrected chi connectivity index (χ4v) is 2.55. The van der Waals surface area contributed by atoms with Crippen molar-refractivity contribution in [1.82, 2.24) is 18.7 Å². The number of benzene rings is 1. The lowest BCUT2D eigenvalue weighted by Gasteiger charge is -2.05. The van der Waals surface area contributed by atoms with Crippen LogP contribution in [-0.2, 0) is 20.6 Å². The highest BCUT2D eigenvalue weighted by molar-refractivity contribution is 5.80. The van der Waals surface area contributed by atoms with Gasteiger partial charge >= 0.3 is 5.69 Å². The van der Waals surface area contributed by atoms with Crippen molar-refractivity contribution in [2.24, 2.45) is 19.2 Å². The zero-order valence-corrected chi connectivity index (χ0v) is 14.0. The Bertz CT molecular complexity index is 1080. The average molecular weight is 344 g/mol. The zero-order valence-electron chi connectivity index (χ0n) is 14.0. The first-order valence-corrected chi connectivity index (χ1v) is 7.65. The molecule has 0 atom stereocenters. The van der Waals surface area contributed by atoms with Crippen LogP contribution in [0.5, 0.6) is 0 Å². The van der Waals surface area contributed by atoms with E-state index in [2.05, 4.69) is 15.5 Å². The van der Waals surface area contributed by atoms with Crippen molar-refractivity contribution in [3.05, 3.63) is 56.5 Å². The van der Waals surface area contributed by atoms with E-state index >= 15 is 0 Å². The molecule has 2 aromatic heterocycles. The number of imidazole rings is 1. The van der Waals surface area contributed by atoms with Gasteiger partial charge in [-0.2, -0.15) is 10.1 Å². The standard InChI is InChI=1S/C16H17FN6O2/c1-4-23-12-13(21(2)16(25)22(3)14(12)24)19-15(23)20-18-9-10-5-7-11(17)8-6-10/h5-9H,4H2,1-3H3,(H,19,20). The normalized spacial score (nSPS) is 11.5. The van der Waals surface area contributed by atoms with Crippen LogP contribution in [-0.4, -0.2) is 24.9 Å². The van der Waals surface area contributed by atoms with Crippen molar-refractivity contribution in [3.63, 3.8) is 0 Å². The minimum atomic E-state index is -0.445. The molecule has 2 heterocycles. The maximum atomic E-state index is 12.9. The Morgan fingerprint density at radius 2 is 1.88 bits per heavy atom. The molecule has 0 spiro atoms. The van der Waals surface area contributed by atoms with Crippen LogP contribution in [0.4, 0.5) is 10.3 Å². The molecular weight excluding hydrogens is 327 g/mol. The summed E-state index contributed by atoms with van der Waals surface area (Å²) in [6.45, 7) is 2.33. The Morgan fingerprint density at radius 1 is 1.20 bits per heavy atom. The highest BCUT2D eigenvalue weighted by atomic mass is 19.1. The Kier molecular flexibility index (Phi) is 4.22. The molecule has 0 saturated carbocycles. The largest absolute Gasteiger partial charge is 0.332 e. The summed E-state index contributed by atoms with van der Waals surface area (Å²) in [5.41, 5.74) is 3.23. The second-order valence-electron chi connectivity index (χ2n) is 5.48. The van der Waals surface area contributed by atoms with E-state index in [0.717, 1.165) is 4.57 Å². The van der Waals surface area contributed by atoms with Crippen LogP contribution in [0.2, 0.25) is 0 Å². The van der Waals surface area contributed by atoms with E-state index < -0.39 is 11.2 Å². The van der Waals surface area contributed by atoms with E-state index in [1.165, 1.54) is 30.0 Å². The van der Waals surface area contributed by atoms with Gasteiger partial charge in [0.25, 0.3) is 5.56 Å². The molecule has 0 saturated heterocycles. The van der Waals surface area contributed by atoms with Gasteiger partial charge in [0.05, 0.1) is 6.21 Å². The highest BCUT2D eigenvalue weighted by Crippen LogP contribution is 2.15. The first kappa shape index (κ1) is 16.6. The number of nitrogens with one attached hydrogen (secondary N) is 1. The van der Waals surface area contributed by atoms with Crippen LogP contribution >= 0.6 is 0 Å². The quantitative estimate of drug-likeness (QED) is 0.566. The van der Waals surface area contributed by atoms with Gasteiger partial charge < -0.3 is 4.57 Å². The predicted octanol–water partition coefficient (Wildman–Crippen LogP) is 1.04. The lowest BCUT2D eigenvalue weighted by molar-refractivity contribution is 0.628. The smallest absolute Gasteiger partial charge is 0.303 e. The molecular formula is C16H17FN6O2. The van der Waals surface area contributed by atoms with Gasteiger partial charge in [0.1, 0.15) is 5.82 Å². The van der Waals surface area contributed by atoms with Gasteiger partial charge in [0.2, 0.25) is 5.95 Å². The molecule has 0 aliphatic heterocycles. The predicted molar refractivity (Wildman–Crippen MR) is 93.5 cm³/mol. The SMILES string of the molecule is CCn1c(NN=Cc2ccc(F)cc2)nc2c1c(=O)n(C)c(=O)n2C. The lowest BCUT2D eigenvalue weighted by Crippen LogP contribution is -2.37. The molecule has 130 valence electrons. The molecule has 0 amide bonds. The van der Waals surface area contributed by atoms with E-state index in [1.54, 1.807) is 23.7 Å². The zero-order chi connectivity index (χ0) is 18.1. The van der Waals surface area contributed by atoms with Crippen molar-refractivity contribution >= 4 is 23.3 Å². The summed E-state index contributed by atoms with van der Waals surface area (Å²) in [4.78, 5) is 28.8. The molecule has 25 heavy (non-hydrogen) atoms. The fourth-order valence-electron chi connectivity index (χ4n) is 2.55. The summed E-state index contributed by atoms with van der Waals surface area (Å²) < 4.78 is 16.9. The number of hydrogen-bond donors (Lipinski definition) is 1. The summed E-state index contributed by atoms with van der Waals surface area (Å²) in [6, 6.07) is 5.84. The van der Waals surface area contributed by atoms with Crippen molar-refractivity contribution in [1.29, 1.82) is 0 Å². The molecule has 0 unspecified atom stereocenters. The molecule has 9 heteroatoms. The molecule has 0 aliphatic carbocycles. The van der Waals surface area contributed by atoms with Gasteiger partial charge in [0.15, 0.2) is 11.2 Å². The van der Waals surface area contributed by atoms with Gasteiger partial charge in [-0.05, 0) is 24.6 Å². The number of anilines is 1. The molecule has 0 radical (unpaired) electrons. The van der Waals surface area contributed by atoms with Gasteiger partial charge in [-0.15, -0.1) is 0 Å². The lowest BCUT2D eigenvalue weighted by atomic mass is 10.2. The summed E-state index contributed by atoms with van der Waals surface area (Å²) >= 11 is 0. The molecule has 3 aromatic rings. The second-order valence-corrected chi connectivity index (χ2v) is 5.48. The number of aromatic nitrogens is 4. The Labute approximate surface area is 141 Å². The third-order valence-corrected chi connectivity index (χ3v) is 3.91. The number of aryl methyl sites for hydroxylation is 2. The number of halogens is 1. The molecule has 0 bridgehead atoms. The monoisotopic (exact) mass is 344 g/mol. The van der Waals surface area contributed by atoms with Crippen LogP contribution in [0.1, 0.15) is 12.5 Å². The topological polar surface area (TPSA) is 86.2 Å². The minimum absolute atomic E-state index is 0.287. The Morgan fingerprint density at radius 3 is 2.52 bits per heavy atom. The average Bonchev–Trinajstić information content (AvgIpc) is 2.98. The molecule has 8 nitrogen and oxygen atoms in total. The highest BCUT2D eigenvalue weighted by Gasteiger charge is 2.17. The minimum Gasteiger partial charge on any atom is -0.303 e. The third kappa shape index (κ3) is 2.84. The first-order valence-electron chi connectivity index (χ1n) is 7.65. The Hall–Kier alpha value is -3.23. The van der Waals surface area contributed by atoms with E-state index in [9.17, 15) is 14.0 Å². The van der Waals surface area contributed by atoms with Gasteiger partial charge in [-0.25, -0.2) is 14.6 Å². The van der Waals surface area contributed by atoms with E-state index in [-0.39, 0.29) is 11.5 Å². The second kappa shape index (κ2) is 6.34. The van der Waals surface area contributed by atoms with E-state index in [4.69, 9.17) is 0 Å².